The molecule has 23 heavy (non-hydrogen) atoms. The van der Waals surface area contributed by atoms with E-state index in [-0.39, 0.29) is 13.0 Å². The molecule has 6 nitrogen and oxygen atoms in total. The first-order valence-corrected chi connectivity index (χ1v) is 7.72. The van der Waals surface area contributed by atoms with Gasteiger partial charge in [-0.15, -0.1) is 12.6 Å². The molecule has 0 bridgehead atoms. The molecule has 0 aliphatic rings. The van der Waals surface area contributed by atoms with Crippen LogP contribution in [-0.4, -0.2) is 39.8 Å². The van der Waals surface area contributed by atoms with E-state index in [9.17, 15) is 19.5 Å². The highest BCUT2D eigenvalue weighted by atomic mass is 32.1. The Morgan fingerprint density at radius 1 is 1.26 bits per heavy atom. The highest BCUT2D eigenvalue weighted by Gasteiger charge is 2.50. The third-order valence-corrected chi connectivity index (χ3v) is 4.02. The van der Waals surface area contributed by atoms with E-state index >= 15 is 0 Å². The van der Waals surface area contributed by atoms with Crippen molar-refractivity contribution in [3.8, 4) is 0 Å². The molecule has 0 saturated heterocycles. The van der Waals surface area contributed by atoms with Crippen molar-refractivity contribution < 1.29 is 24.2 Å². The van der Waals surface area contributed by atoms with Crippen LogP contribution in [0.25, 0.3) is 0 Å². The van der Waals surface area contributed by atoms with Gasteiger partial charge in [0.05, 0.1) is 0 Å². The summed E-state index contributed by atoms with van der Waals surface area (Å²) in [5.41, 5.74) is -1.26. The van der Waals surface area contributed by atoms with Crippen LogP contribution in [0.1, 0.15) is 31.7 Å². The fourth-order valence-corrected chi connectivity index (χ4v) is 2.52. The smallest absolute Gasteiger partial charge is 0.411 e. The van der Waals surface area contributed by atoms with E-state index < -0.39 is 22.7 Å². The first-order valence-electron chi connectivity index (χ1n) is 7.27. The Morgan fingerprint density at radius 3 is 2.35 bits per heavy atom. The largest absolute Gasteiger partial charge is 0.479 e. The van der Waals surface area contributed by atoms with Crippen molar-refractivity contribution in [3.63, 3.8) is 0 Å². The first-order chi connectivity index (χ1) is 10.9. The van der Waals surface area contributed by atoms with E-state index in [1.165, 1.54) is 7.05 Å². The molecule has 1 rings (SSSR count). The monoisotopic (exact) mass is 339 g/mol. The van der Waals surface area contributed by atoms with Crippen LogP contribution < -0.4 is 0 Å². The second-order valence-corrected chi connectivity index (χ2v) is 5.58. The topological polar surface area (TPSA) is 83.9 Å². The Labute approximate surface area is 140 Å². The van der Waals surface area contributed by atoms with E-state index in [2.05, 4.69) is 12.6 Å². The molecule has 1 aromatic rings. The minimum absolute atomic E-state index is 0.00570. The Balaban J connectivity index is 2.90. The number of carbonyl (C=O) groups excluding carboxylic acids is 2. The molecule has 1 atom stereocenters. The van der Waals surface area contributed by atoms with Gasteiger partial charge in [-0.05, 0) is 12.0 Å². The van der Waals surface area contributed by atoms with Gasteiger partial charge in [0.25, 0.3) is 0 Å². The van der Waals surface area contributed by atoms with E-state index in [0.29, 0.717) is 12.8 Å². The van der Waals surface area contributed by atoms with Crippen LogP contribution in [0.5, 0.6) is 0 Å². The molecule has 126 valence electrons. The van der Waals surface area contributed by atoms with Crippen molar-refractivity contribution in [3.05, 3.63) is 35.9 Å². The molecule has 0 radical (unpaired) electrons. The molecule has 0 fully saturated rings. The van der Waals surface area contributed by atoms with Gasteiger partial charge in [-0.3, -0.25) is 9.69 Å². The highest BCUT2D eigenvalue weighted by molar-refractivity contribution is 7.97. The summed E-state index contributed by atoms with van der Waals surface area (Å²) in [5, 5.41) is 8.62. The Bertz CT molecular complexity index is 547. The summed E-state index contributed by atoms with van der Waals surface area (Å²) >= 11 is 3.69. The maximum absolute atomic E-state index is 12.2. The van der Waals surface area contributed by atoms with Crippen LogP contribution in [-0.2, 0) is 20.9 Å². The highest BCUT2D eigenvalue weighted by Crippen LogP contribution is 2.26. The average molecular weight is 339 g/mol. The summed E-state index contributed by atoms with van der Waals surface area (Å²) in [5.74, 6) is -1.41. The molecule has 0 spiro atoms. The predicted molar refractivity (Wildman–Crippen MR) is 88.3 cm³/mol. The zero-order valence-electron chi connectivity index (χ0n) is 13.2. The van der Waals surface area contributed by atoms with Gasteiger partial charge in [0.1, 0.15) is 6.61 Å². The molecule has 1 aromatic carbocycles. The quantitative estimate of drug-likeness (QED) is 0.562. The number of carboxylic acid groups (broad SMARTS) is 1. The first kappa shape index (κ1) is 19.0. The van der Waals surface area contributed by atoms with Gasteiger partial charge >= 0.3 is 12.1 Å². The van der Waals surface area contributed by atoms with Crippen LogP contribution in [0.2, 0.25) is 0 Å². The maximum atomic E-state index is 12.2. The second-order valence-electron chi connectivity index (χ2n) is 5.17. The van der Waals surface area contributed by atoms with Crippen molar-refractivity contribution in [2.45, 2.75) is 38.3 Å². The van der Waals surface area contributed by atoms with Crippen LogP contribution in [0.15, 0.2) is 30.3 Å². The van der Waals surface area contributed by atoms with Crippen molar-refractivity contribution in [1.82, 2.24) is 4.90 Å². The van der Waals surface area contributed by atoms with Gasteiger partial charge in [0.2, 0.25) is 10.7 Å². The van der Waals surface area contributed by atoms with E-state index in [4.69, 9.17) is 4.74 Å². The lowest BCUT2D eigenvalue weighted by Gasteiger charge is -2.34. The number of hydrogen-bond donors (Lipinski definition) is 2. The minimum Gasteiger partial charge on any atom is -0.479 e. The predicted octanol–water partition coefficient (Wildman–Crippen LogP) is 2.73. The molecule has 0 aliphatic carbocycles. The van der Waals surface area contributed by atoms with Gasteiger partial charge in [-0.25, -0.2) is 9.59 Å². The number of unbranched alkanes of at least 4 members (excludes halogenated alkanes) is 1. The summed E-state index contributed by atoms with van der Waals surface area (Å²) in [6, 6.07) is 8.98. The molecule has 7 heteroatoms. The molecule has 1 amide bonds. The van der Waals surface area contributed by atoms with Crippen molar-refractivity contribution in [2.24, 2.45) is 0 Å². The van der Waals surface area contributed by atoms with Gasteiger partial charge in [0.15, 0.2) is 0 Å². The molecule has 0 unspecified atom stereocenters. The number of amides is 1. The zero-order valence-corrected chi connectivity index (χ0v) is 14.1. The van der Waals surface area contributed by atoms with Gasteiger partial charge in [0, 0.05) is 7.05 Å². The number of aliphatic carboxylic acids is 1. The second kappa shape index (κ2) is 8.57. The van der Waals surface area contributed by atoms with Gasteiger partial charge in [-0.1, -0.05) is 50.1 Å². The van der Waals surface area contributed by atoms with Crippen LogP contribution in [0.3, 0.4) is 0 Å². The summed E-state index contributed by atoms with van der Waals surface area (Å²) in [6.07, 6.45) is 0.255. The fraction of sp³-hybridized carbons (Fsp3) is 0.438. The number of carboxylic acids is 1. The Kier molecular flexibility index (Phi) is 7.09. The van der Waals surface area contributed by atoms with Gasteiger partial charge < -0.3 is 9.84 Å². The van der Waals surface area contributed by atoms with Crippen molar-refractivity contribution >= 4 is 29.8 Å². The zero-order chi connectivity index (χ0) is 17.5. The minimum atomic E-state index is -2.02. The number of likely N-dealkylation sites (N-methyl/N-ethyl adjacent to an activating group) is 1. The standard InChI is InChI=1S/C16H21NO5S/c1-3-4-10-16(13(18)19,14(20)23)17(2)15(21)22-11-12-8-6-5-7-9-12/h5-9H,3-4,10-11H2,1-2H3,(H,18,19)(H,20,23)/t16-/m0/s1. The number of hydrogen-bond acceptors (Lipinski definition) is 4. The van der Waals surface area contributed by atoms with Crippen molar-refractivity contribution in [1.29, 1.82) is 0 Å². The third kappa shape index (κ3) is 4.48. The third-order valence-electron chi connectivity index (χ3n) is 3.65. The summed E-state index contributed by atoms with van der Waals surface area (Å²) in [4.78, 5) is 36.5. The summed E-state index contributed by atoms with van der Waals surface area (Å²) < 4.78 is 5.11. The average Bonchev–Trinajstić information content (AvgIpc) is 2.53. The van der Waals surface area contributed by atoms with Crippen LogP contribution in [0, 0.1) is 0 Å². The number of thiol groups is 1. The molecule has 0 heterocycles. The molecule has 0 aliphatic heterocycles. The van der Waals surface area contributed by atoms with E-state index in [0.717, 1.165) is 10.5 Å². The van der Waals surface area contributed by atoms with Gasteiger partial charge in [-0.2, -0.15) is 0 Å². The molecular formula is C16H21NO5S. The number of benzene rings is 1. The lowest BCUT2D eigenvalue weighted by Crippen LogP contribution is -2.59. The summed E-state index contributed by atoms with van der Waals surface area (Å²) in [6.45, 7) is 1.86. The molecular weight excluding hydrogens is 318 g/mol. The molecule has 1 N–H and O–H groups in total. The summed E-state index contributed by atoms with van der Waals surface area (Å²) in [7, 11) is 1.24. The Hall–Kier alpha value is -2.02. The number of nitrogens with zero attached hydrogens (tertiary/aromatic N) is 1. The van der Waals surface area contributed by atoms with Crippen LogP contribution >= 0.6 is 12.6 Å². The SMILES string of the molecule is CCCC[C@](C(=O)O)(C(=O)S)N(C)C(=O)OCc1ccccc1. The molecule has 0 saturated carbocycles. The van der Waals surface area contributed by atoms with Crippen LogP contribution in [0.4, 0.5) is 4.79 Å². The fourth-order valence-electron chi connectivity index (χ4n) is 2.16. The lowest BCUT2D eigenvalue weighted by atomic mass is 9.92. The Morgan fingerprint density at radius 2 is 1.87 bits per heavy atom. The maximum Gasteiger partial charge on any atom is 0.411 e. The number of ether oxygens (including phenoxy) is 1. The van der Waals surface area contributed by atoms with E-state index in [1.807, 2.05) is 13.0 Å². The molecule has 0 aromatic heterocycles. The number of carbonyl (C=O) groups is 3. The number of rotatable bonds is 8. The van der Waals surface area contributed by atoms with E-state index in [1.54, 1.807) is 24.3 Å². The lowest BCUT2D eigenvalue weighted by molar-refractivity contribution is -0.153. The van der Waals surface area contributed by atoms with Crippen molar-refractivity contribution in [2.75, 3.05) is 7.05 Å². The normalized spacial score (nSPS) is 13.0.